The molecule has 3 N–H and O–H groups in total. The fourth-order valence-electron chi connectivity index (χ4n) is 3.21. The molecule has 0 aromatic carbocycles. The molecule has 2 fully saturated rings. The van der Waals surface area contributed by atoms with Crippen molar-refractivity contribution in [1.82, 2.24) is 10.2 Å². The highest BCUT2D eigenvalue weighted by Crippen LogP contribution is 2.31. The third-order valence-electron chi connectivity index (χ3n) is 4.93. The highest BCUT2D eigenvalue weighted by molar-refractivity contribution is 7.80. The van der Waals surface area contributed by atoms with E-state index in [4.69, 9.17) is 22.7 Å². The standard InChI is InChI=1S/C15H27N3O2S/c1-18-8-3-12(4-9-18)2-7-17-14(19)15(13(16)21)5-10-20-11-6-15/h12H,2-11H2,1H3,(H2,16,21)(H,17,19). The number of hydrogen-bond donors (Lipinski definition) is 2. The maximum atomic E-state index is 12.5. The second kappa shape index (κ2) is 7.51. The Labute approximate surface area is 132 Å². The molecule has 0 aromatic heterocycles. The van der Waals surface area contributed by atoms with E-state index in [1.807, 2.05) is 0 Å². The van der Waals surface area contributed by atoms with E-state index in [0.29, 0.717) is 31.0 Å². The van der Waals surface area contributed by atoms with E-state index < -0.39 is 5.41 Å². The first-order valence-corrected chi connectivity index (χ1v) is 8.30. The summed E-state index contributed by atoms with van der Waals surface area (Å²) in [5, 5.41) is 3.06. The van der Waals surface area contributed by atoms with E-state index >= 15 is 0 Å². The molecule has 0 radical (unpaired) electrons. The summed E-state index contributed by atoms with van der Waals surface area (Å²) in [6.45, 7) is 4.15. The van der Waals surface area contributed by atoms with Crippen LogP contribution in [0, 0.1) is 11.3 Å². The zero-order valence-electron chi connectivity index (χ0n) is 12.9. The number of nitrogens with zero attached hydrogens (tertiary/aromatic N) is 1. The van der Waals surface area contributed by atoms with E-state index in [1.165, 1.54) is 12.8 Å². The summed E-state index contributed by atoms with van der Waals surface area (Å²) >= 11 is 5.15. The van der Waals surface area contributed by atoms with Gasteiger partial charge in [-0.15, -0.1) is 0 Å². The van der Waals surface area contributed by atoms with Crippen LogP contribution >= 0.6 is 12.2 Å². The van der Waals surface area contributed by atoms with Crippen molar-refractivity contribution in [1.29, 1.82) is 0 Å². The Morgan fingerprint density at radius 1 is 1.38 bits per heavy atom. The smallest absolute Gasteiger partial charge is 0.233 e. The second-order valence-corrected chi connectivity index (χ2v) is 6.79. The minimum absolute atomic E-state index is 0.00812. The van der Waals surface area contributed by atoms with Crippen molar-refractivity contribution >= 4 is 23.1 Å². The first-order valence-electron chi connectivity index (χ1n) is 7.89. The molecular formula is C15H27N3O2S. The van der Waals surface area contributed by atoms with Crippen LogP contribution in [0.5, 0.6) is 0 Å². The van der Waals surface area contributed by atoms with Gasteiger partial charge in [0.2, 0.25) is 5.91 Å². The predicted octanol–water partition coefficient (Wildman–Crippen LogP) is 0.917. The van der Waals surface area contributed by atoms with Crippen LogP contribution in [-0.4, -0.2) is 55.7 Å². The normalized spacial score (nSPS) is 23.7. The van der Waals surface area contributed by atoms with Gasteiger partial charge >= 0.3 is 0 Å². The van der Waals surface area contributed by atoms with E-state index in [0.717, 1.165) is 32.0 Å². The number of piperidine rings is 1. The van der Waals surface area contributed by atoms with Gasteiger partial charge < -0.3 is 20.7 Å². The molecular weight excluding hydrogens is 286 g/mol. The van der Waals surface area contributed by atoms with Crippen LogP contribution in [0.3, 0.4) is 0 Å². The summed E-state index contributed by atoms with van der Waals surface area (Å²) in [7, 11) is 2.16. The molecule has 0 unspecified atom stereocenters. The number of amides is 1. The lowest BCUT2D eigenvalue weighted by Crippen LogP contribution is -2.52. The number of nitrogens with one attached hydrogen (secondary N) is 1. The Hall–Kier alpha value is -0.720. The molecule has 0 aromatic rings. The van der Waals surface area contributed by atoms with Gasteiger partial charge in [0.15, 0.2) is 0 Å². The van der Waals surface area contributed by atoms with E-state index in [2.05, 4.69) is 17.3 Å². The van der Waals surface area contributed by atoms with E-state index in [1.54, 1.807) is 0 Å². The van der Waals surface area contributed by atoms with Crippen LogP contribution in [0.25, 0.3) is 0 Å². The van der Waals surface area contributed by atoms with Gasteiger partial charge in [0.1, 0.15) is 5.41 Å². The predicted molar refractivity (Wildman–Crippen MR) is 87.1 cm³/mol. The highest BCUT2D eigenvalue weighted by Gasteiger charge is 2.42. The molecule has 1 amide bonds. The van der Waals surface area contributed by atoms with Gasteiger partial charge in [-0.2, -0.15) is 0 Å². The molecule has 2 saturated heterocycles. The van der Waals surface area contributed by atoms with Crippen LogP contribution in [0.1, 0.15) is 32.1 Å². The molecule has 2 rings (SSSR count). The summed E-state index contributed by atoms with van der Waals surface area (Å²) in [6.07, 6.45) is 4.69. The lowest BCUT2D eigenvalue weighted by atomic mass is 9.79. The summed E-state index contributed by atoms with van der Waals surface area (Å²) in [6, 6.07) is 0. The lowest BCUT2D eigenvalue weighted by Gasteiger charge is -2.35. The third kappa shape index (κ3) is 4.14. The summed E-state index contributed by atoms with van der Waals surface area (Å²) in [5.74, 6) is 0.711. The van der Waals surface area contributed by atoms with Crippen LogP contribution in [-0.2, 0) is 9.53 Å². The molecule has 0 aliphatic carbocycles. The molecule has 2 aliphatic heterocycles. The maximum Gasteiger partial charge on any atom is 0.233 e. The molecule has 5 nitrogen and oxygen atoms in total. The van der Waals surface area contributed by atoms with Gasteiger partial charge in [0, 0.05) is 19.8 Å². The molecule has 0 saturated carbocycles. The van der Waals surface area contributed by atoms with Gasteiger partial charge in [-0.25, -0.2) is 0 Å². The lowest BCUT2D eigenvalue weighted by molar-refractivity contribution is -0.131. The van der Waals surface area contributed by atoms with Crippen LogP contribution < -0.4 is 11.1 Å². The molecule has 2 aliphatic rings. The number of thiocarbonyl (C=S) groups is 1. The molecule has 0 bridgehead atoms. The van der Waals surface area contributed by atoms with Crippen LogP contribution in [0.15, 0.2) is 0 Å². The zero-order valence-corrected chi connectivity index (χ0v) is 13.7. The van der Waals surface area contributed by atoms with Gasteiger partial charge in [-0.3, -0.25) is 4.79 Å². The monoisotopic (exact) mass is 313 g/mol. The first-order chi connectivity index (χ1) is 10.0. The topological polar surface area (TPSA) is 67.6 Å². The van der Waals surface area contributed by atoms with Crippen molar-refractivity contribution in [3.05, 3.63) is 0 Å². The fraction of sp³-hybridized carbons (Fsp3) is 0.867. The molecule has 0 atom stereocenters. The Morgan fingerprint density at radius 2 is 2.00 bits per heavy atom. The van der Waals surface area contributed by atoms with E-state index in [9.17, 15) is 4.79 Å². The highest BCUT2D eigenvalue weighted by atomic mass is 32.1. The Kier molecular flexibility index (Phi) is 5.96. The van der Waals surface area contributed by atoms with Gasteiger partial charge in [-0.05, 0) is 58.2 Å². The van der Waals surface area contributed by atoms with Crippen molar-refractivity contribution in [3.63, 3.8) is 0 Å². The maximum absolute atomic E-state index is 12.5. The minimum atomic E-state index is -0.694. The van der Waals surface area contributed by atoms with Crippen LogP contribution in [0.2, 0.25) is 0 Å². The summed E-state index contributed by atoms with van der Waals surface area (Å²) in [4.78, 5) is 15.2. The van der Waals surface area contributed by atoms with Gasteiger partial charge in [0.25, 0.3) is 0 Å². The van der Waals surface area contributed by atoms with Crippen LogP contribution in [0.4, 0.5) is 0 Å². The van der Waals surface area contributed by atoms with Crippen molar-refractivity contribution in [2.45, 2.75) is 32.1 Å². The molecule has 0 spiro atoms. The quantitative estimate of drug-likeness (QED) is 0.739. The van der Waals surface area contributed by atoms with E-state index in [-0.39, 0.29) is 5.91 Å². The second-order valence-electron chi connectivity index (χ2n) is 6.35. The largest absolute Gasteiger partial charge is 0.392 e. The number of hydrogen-bond acceptors (Lipinski definition) is 4. The average molecular weight is 313 g/mol. The average Bonchev–Trinajstić information content (AvgIpc) is 2.49. The van der Waals surface area contributed by atoms with Crippen molar-refractivity contribution in [2.24, 2.45) is 17.1 Å². The van der Waals surface area contributed by atoms with Gasteiger partial charge in [-0.1, -0.05) is 12.2 Å². The first kappa shape index (κ1) is 16.6. The number of likely N-dealkylation sites (tertiary alicyclic amines) is 1. The van der Waals surface area contributed by atoms with Crippen molar-refractivity contribution < 1.29 is 9.53 Å². The number of nitrogens with two attached hydrogens (primary N) is 1. The SMILES string of the molecule is CN1CCC(CCNC(=O)C2(C(N)=S)CCOCC2)CC1. The van der Waals surface area contributed by atoms with Gasteiger partial charge in [0.05, 0.1) is 4.99 Å². The number of carbonyl (C=O) groups is 1. The summed E-state index contributed by atoms with van der Waals surface area (Å²) in [5.41, 5.74) is 5.15. The Morgan fingerprint density at radius 3 is 2.57 bits per heavy atom. The van der Waals surface area contributed by atoms with Crippen molar-refractivity contribution in [3.8, 4) is 0 Å². The molecule has 2 heterocycles. The number of ether oxygens (including phenoxy) is 1. The number of rotatable bonds is 5. The Balaban J connectivity index is 1.78. The molecule has 6 heteroatoms. The minimum Gasteiger partial charge on any atom is -0.392 e. The Bertz CT molecular complexity index is 375. The zero-order chi connectivity index (χ0) is 15.3. The number of carbonyl (C=O) groups excluding carboxylic acids is 1. The fourth-order valence-corrected chi connectivity index (χ4v) is 3.51. The molecule has 21 heavy (non-hydrogen) atoms. The third-order valence-corrected chi connectivity index (χ3v) is 5.32. The molecule has 120 valence electrons. The summed E-state index contributed by atoms with van der Waals surface area (Å²) < 4.78 is 5.33. The van der Waals surface area contributed by atoms with Crippen molar-refractivity contribution in [2.75, 3.05) is 39.9 Å².